The number of ether oxygens (including phenoxy) is 1. The predicted octanol–water partition coefficient (Wildman–Crippen LogP) is 0.869. The van der Waals surface area contributed by atoms with Crippen molar-refractivity contribution in [3.05, 3.63) is 0 Å². The fourth-order valence-corrected chi connectivity index (χ4v) is 2.28. The Kier molecular flexibility index (Phi) is 8.57. The fraction of sp³-hybridized carbons (Fsp3) is 0.818. The maximum Gasteiger partial charge on any atom is 0.334 e. The second kappa shape index (κ2) is 9.04. The maximum absolute atomic E-state index is 11.8. The largest absolute Gasteiger partial charge is 0.479 e. The van der Waals surface area contributed by atoms with Crippen LogP contribution >= 0.6 is 11.8 Å². The van der Waals surface area contributed by atoms with Gasteiger partial charge in [0, 0.05) is 26.0 Å². The molecule has 0 aliphatic carbocycles. The average molecular weight is 278 g/mol. The van der Waals surface area contributed by atoms with Crippen molar-refractivity contribution in [3.8, 4) is 0 Å². The molecule has 0 aliphatic heterocycles. The number of nitrogens with zero attached hydrogens (tertiary/aromatic N) is 1. The number of carbonyl (C=O) groups excluding carboxylic acids is 1. The van der Waals surface area contributed by atoms with Crippen molar-refractivity contribution >= 4 is 23.8 Å². The summed E-state index contributed by atoms with van der Waals surface area (Å²) in [6.45, 7) is 1.98. The third-order valence-electron chi connectivity index (χ3n) is 2.70. The molecule has 0 aromatic carbocycles. The van der Waals surface area contributed by atoms with Gasteiger partial charge in [0.15, 0.2) is 6.10 Å². The quantitative estimate of drug-likeness (QED) is 0.689. The van der Waals surface area contributed by atoms with Crippen molar-refractivity contribution in [2.24, 2.45) is 0 Å². The fourth-order valence-electron chi connectivity index (χ4n) is 1.44. The Morgan fingerprint density at radius 2 is 2.11 bits per heavy atom. The third kappa shape index (κ3) is 5.59. The zero-order valence-corrected chi connectivity index (χ0v) is 12.1. The van der Waals surface area contributed by atoms with Crippen molar-refractivity contribution < 1.29 is 19.4 Å². The van der Waals surface area contributed by atoms with Crippen molar-refractivity contribution in [1.29, 1.82) is 0 Å². The van der Waals surface area contributed by atoms with Gasteiger partial charge < -0.3 is 20.1 Å². The first-order valence-corrected chi connectivity index (χ1v) is 7.12. The normalized spacial score (nSPS) is 13.8. The molecule has 106 valence electrons. The Hall–Kier alpha value is -0.950. The summed E-state index contributed by atoms with van der Waals surface area (Å²) in [5, 5.41) is 11.3. The minimum absolute atomic E-state index is 0.0370. The second-order valence-corrected chi connectivity index (χ2v) is 4.79. The van der Waals surface area contributed by atoms with Crippen LogP contribution in [0.1, 0.15) is 13.3 Å². The Morgan fingerprint density at radius 3 is 2.50 bits per heavy atom. The van der Waals surface area contributed by atoms with E-state index >= 15 is 0 Å². The number of carbonyl (C=O) groups is 2. The number of hydrogen-bond donors (Lipinski definition) is 2. The molecule has 0 bridgehead atoms. The highest BCUT2D eigenvalue weighted by atomic mass is 32.2. The van der Waals surface area contributed by atoms with Crippen molar-refractivity contribution in [2.45, 2.75) is 25.5 Å². The summed E-state index contributed by atoms with van der Waals surface area (Å²) in [5.41, 5.74) is 0. The lowest BCUT2D eigenvalue weighted by Crippen LogP contribution is -2.47. The first kappa shape index (κ1) is 17.1. The van der Waals surface area contributed by atoms with Crippen LogP contribution in [-0.4, -0.2) is 66.9 Å². The van der Waals surface area contributed by atoms with E-state index in [1.54, 1.807) is 23.7 Å². The van der Waals surface area contributed by atoms with E-state index in [1.165, 1.54) is 7.11 Å². The zero-order chi connectivity index (χ0) is 14.1. The van der Waals surface area contributed by atoms with Gasteiger partial charge in [-0.1, -0.05) is 6.92 Å². The molecule has 0 fully saturated rings. The molecular weight excluding hydrogens is 256 g/mol. The lowest BCUT2D eigenvalue weighted by molar-refractivity contribution is -0.148. The molecule has 0 aromatic heterocycles. The Morgan fingerprint density at radius 1 is 1.50 bits per heavy atom. The number of nitrogens with one attached hydrogen (secondary N) is 1. The summed E-state index contributed by atoms with van der Waals surface area (Å²) in [6, 6.07) is -0.134. The van der Waals surface area contributed by atoms with Gasteiger partial charge in [0.2, 0.25) is 0 Å². The molecule has 0 rings (SSSR count). The summed E-state index contributed by atoms with van der Waals surface area (Å²) >= 11 is 1.67. The van der Waals surface area contributed by atoms with Crippen molar-refractivity contribution in [2.75, 3.05) is 32.7 Å². The summed E-state index contributed by atoms with van der Waals surface area (Å²) in [4.78, 5) is 24.1. The molecular formula is C11H22N2O4S. The smallest absolute Gasteiger partial charge is 0.334 e. The van der Waals surface area contributed by atoms with Crippen LogP contribution in [0.15, 0.2) is 0 Å². The lowest BCUT2D eigenvalue weighted by Gasteiger charge is -2.27. The molecule has 0 spiro atoms. The molecule has 0 saturated carbocycles. The van der Waals surface area contributed by atoms with Crippen LogP contribution in [0.4, 0.5) is 4.79 Å². The average Bonchev–Trinajstić information content (AvgIpc) is 2.35. The number of amides is 2. The van der Waals surface area contributed by atoms with E-state index in [0.29, 0.717) is 0 Å². The van der Waals surface area contributed by atoms with Gasteiger partial charge in [-0.2, -0.15) is 11.8 Å². The number of carboxylic acids is 1. The highest BCUT2D eigenvalue weighted by Crippen LogP contribution is 2.08. The number of hydrogen-bond acceptors (Lipinski definition) is 4. The monoisotopic (exact) mass is 278 g/mol. The lowest BCUT2D eigenvalue weighted by atomic mass is 10.2. The number of carboxylic acid groups (broad SMARTS) is 1. The standard InChI is InChI=1S/C11H22N2O4S/c1-5-8(7-18-4)13(2)11(16)12-6-9(17-3)10(14)15/h8-9H,5-7H2,1-4H3,(H,12,16)(H,14,15). The van der Waals surface area contributed by atoms with E-state index in [1.807, 2.05) is 13.2 Å². The molecule has 0 heterocycles. The van der Waals surface area contributed by atoms with E-state index in [0.717, 1.165) is 12.2 Å². The van der Waals surface area contributed by atoms with Gasteiger partial charge in [-0.25, -0.2) is 9.59 Å². The number of thioether (sulfide) groups is 1. The summed E-state index contributed by atoms with van der Waals surface area (Å²) in [7, 11) is 3.01. The second-order valence-electron chi connectivity index (χ2n) is 3.88. The summed E-state index contributed by atoms with van der Waals surface area (Å²) in [6.07, 6.45) is 1.83. The van der Waals surface area contributed by atoms with Gasteiger partial charge in [-0.3, -0.25) is 0 Å². The first-order chi connectivity index (χ1) is 8.47. The maximum atomic E-state index is 11.8. The van der Waals surface area contributed by atoms with Crippen molar-refractivity contribution in [3.63, 3.8) is 0 Å². The summed E-state index contributed by atoms with van der Waals surface area (Å²) in [5.74, 6) is -0.232. The number of urea groups is 1. The number of rotatable bonds is 8. The SMILES string of the molecule is CCC(CSC)N(C)C(=O)NCC(OC)C(=O)O. The molecule has 0 aliphatic rings. The van der Waals surface area contributed by atoms with Crippen LogP contribution in [0.5, 0.6) is 0 Å². The molecule has 2 atom stereocenters. The van der Waals surface area contributed by atoms with E-state index in [-0.39, 0.29) is 18.6 Å². The minimum Gasteiger partial charge on any atom is -0.479 e. The van der Waals surface area contributed by atoms with Gasteiger partial charge >= 0.3 is 12.0 Å². The van der Waals surface area contributed by atoms with Crippen LogP contribution in [0.25, 0.3) is 0 Å². The minimum atomic E-state index is -1.09. The van der Waals surface area contributed by atoms with Gasteiger partial charge in [0.25, 0.3) is 0 Å². The van der Waals surface area contributed by atoms with Crippen LogP contribution in [0, 0.1) is 0 Å². The number of methoxy groups -OCH3 is 1. The van der Waals surface area contributed by atoms with Crippen LogP contribution in [-0.2, 0) is 9.53 Å². The van der Waals surface area contributed by atoms with E-state index in [9.17, 15) is 9.59 Å². The Labute approximate surface area is 112 Å². The van der Waals surface area contributed by atoms with Gasteiger partial charge in [-0.05, 0) is 12.7 Å². The molecule has 2 unspecified atom stereocenters. The zero-order valence-electron chi connectivity index (χ0n) is 11.3. The Bertz CT molecular complexity index is 276. The topological polar surface area (TPSA) is 78.9 Å². The summed E-state index contributed by atoms with van der Waals surface area (Å²) < 4.78 is 4.74. The van der Waals surface area contributed by atoms with Crippen LogP contribution < -0.4 is 5.32 Å². The number of aliphatic carboxylic acids is 1. The highest BCUT2D eigenvalue weighted by molar-refractivity contribution is 7.98. The molecule has 7 heteroatoms. The molecule has 0 radical (unpaired) electrons. The third-order valence-corrected chi connectivity index (χ3v) is 3.42. The predicted molar refractivity (Wildman–Crippen MR) is 72.1 cm³/mol. The van der Waals surface area contributed by atoms with E-state index in [4.69, 9.17) is 9.84 Å². The molecule has 2 amide bonds. The first-order valence-electron chi connectivity index (χ1n) is 5.73. The van der Waals surface area contributed by atoms with Crippen LogP contribution in [0.2, 0.25) is 0 Å². The van der Waals surface area contributed by atoms with Gasteiger partial charge in [0.05, 0.1) is 6.54 Å². The molecule has 18 heavy (non-hydrogen) atoms. The van der Waals surface area contributed by atoms with Crippen molar-refractivity contribution in [1.82, 2.24) is 10.2 Å². The van der Waals surface area contributed by atoms with Gasteiger partial charge in [0.1, 0.15) is 0 Å². The van der Waals surface area contributed by atoms with Gasteiger partial charge in [-0.15, -0.1) is 0 Å². The highest BCUT2D eigenvalue weighted by Gasteiger charge is 2.21. The molecule has 0 aromatic rings. The van der Waals surface area contributed by atoms with E-state index in [2.05, 4.69) is 5.32 Å². The molecule has 0 saturated heterocycles. The van der Waals surface area contributed by atoms with Crippen LogP contribution in [0.3, 0.4) is 0 Å². The molecule has 2 N–H and O–H groups in total. The molecule has 6 nitrogen and oxygen atoms in total. The Balaban J connectivity index is 4.26. The van der Waals surface area contributed by atoms with E-state index < -0.39 is 12.1 Å².